The third-order valence-electron chi connectivity index (χ3n) is 3.20. The predicted molar refractivity (Wildman–Crippen MR) is 82.1 cm³/mol. The highest BCUT2D eigenvalue weighted by Gasteiger charge is 2.13. The Balaban J connectivity index is 2.24. The Labute approximate surface area is 126 Å². The summed E-state index contributed by atoms with van der Waals surface area (Å²) in [5.41, 5.74) is 10.4. The summed E-state index contributed by atoms with van der Waals surface area (Å²) >= 11 is 12.1. The number of nitrogen functional groups attached to an aromatic ring is 1. The average Bonchev–Trinajstić information content (AvgIpc) is 2.84. The van der Waals surface area contributed by atoms with Crippen molar-refractivity contribution < 1.29 is 0 Å². The summed E-state index contributed by atoms with van der Waals surface area (Å²) in [7, 11) is 0. The van der Waals surface area contributed by atoms with Crippen LogP contribution in [0.25, 0.3) is 16.8 Å². The van der Waals surface area contributed by atoms with Gasteiger partial charge in [-0.05, 0) is 18.6 Å². The number of aryl methyl sites for hydroxylation is 1. The van der Waals surface area contributed by atoms with E-state index in [0.717, 1.165) is 22.3 Å². The van der Waals surface area contributed by atoms with Gasteiger partial charge in [0.15, 0.2) is 5.65 Å². The van der Waals surface area contributed by atoms with Crippen LogP contribution in [0.2, 0.25) is 5.02 Å². The number of aromatic nitrogens is 3. The predicted octanol–water partition coefficient (Wildman–Crippen LogP) is 3.68. The van der Waals surface area contributed by atoms with E-state index < -0.39 is 0 Å². The van der Waals surface area contributed by atoms with E-state index in [2.05, 4.69) is 10.1 Å². The van der Waals surface area contributed by atoms with Crippen LogP contribution in [0.5, 0.6) is 0 Å². The van der Waals surface area contributed by atoms with Gasteiger partial charge in [0, 0.05) is 27.9 Å². The molecule has 3 rings (SSSR count). The lowest BCUT2D eigenvalue weighted by molar-refractivity contribution is 0.954. The molecule has 0 aliphatic carbocycles. The molecule has 0 amide bonds. The first-order chi connectivity index (χ1) is 9.61. The fraction of sp³-hybridized carbons (Fsp3) is 0.143. The van der Waals surface area contributed by atoms with Crippen LogP contribution in [0.1, 0.15) is 11.1 Å². The van der Waals surface area contributed by atoms with Crippen molar-refractivity contribution in [3.63, 3.8) is 0 Å². The fourth-order valence-electron chi connectivity index (χ4n) is 2.14. The number of hydrogen-bond donors (Lipinski definition) is 1. The molecule has 20 heavy (non-hydrogen) atoms. The summed E-state index contributed by atoms with van der Waals surface area (Å²) in [6, 6.07) is 5.81. The van der Waals surface area contributed by atoms with Crippen LogP contribution in [-0.4, -0.2) is 14.6 Å². The van der Waals surface area contributed by atoms with Crippen LogP contribution in [0, 0.1) is 6.92 Å². The molecule has 0 bridgehead atoms. The minimum Gasteiger partial charge on any atom is -0.383 e. The van der Waals surface area contributed by atoms with Crippen molar-refractivity contribution in [1.29, 1.82) is 0 Å². The molecule has 0 fully saturated rings. The molecule has 0 radical (unpaired) electrons. The van der Waals surface area contributed by atoms with Crippen LogP contribution in [0.15, 0.2) is 30.6 Å². The maximum absolute atomic E-state index is 6.29. The van der Waals surface area contributed by atoms with Gasteiger partial charge in [-0.25, -0.2) is 4.98 Å². The molecule has 1 aromatic carbocycles. The molecule has 2 heterocycles. The minimum atomic E-state index is 0.348. The van der Waals surface area contributed by atoms with E-state index in [0.29, 0.717) is 22.4 Å². The van der Waals surface area contributed by atoms with E-state index >= 15 is 0 Å². The van der Waals surface area contributed by atoms with E-state index in [1.807, 2.05) is 25.1 Å². The summed E-state index contributed by atoms with van der Waals surface area (Å²) in [6.07, 6.45) is 3.38. The van der Waals surface area contributed by atoms with Gasteiger partial charge in [-0.3, -0.25) is 0 Å². The fourth-order valence-corrected chi connectivity index (χ4v) is 2.66. The molecule has 3 aromatic rings. The highest BCUT2D eigenvalue weighted by atomic mass is 35.5. The molecule has 0 saturated carbocycles. The van der Waals surface area contributed by atoms with Crippen molar-refractivity contribution in [2.75, 3.05) is 5.73 Å². The zero-order valence-electron chi connectivity index (χ0n) is 10.8. The normalized spacial score (nSPS) is 11.2. The molecule has 0 spiro atoms. The second kappa shape index (κ2) is 4.96. The highest BCUT2D eigenvalue weighted by molar-refractivity contribution is 6.33. The average molecular weight is 307 g/mol. The second-order valence-corrected chi connectivity index (χ2v) is 5.25. The lowest BCUT2D eigenvalue weighted by Gasteiger charge is -2.09. The number of hydrogen-bond acceptors (Lipinski definition) is 3. The molecule has 2 aromatic heterocycles. The molecular weight excluding hydrogens is 295 g/mol. The number of alkyl halides is 1. The molecule has 0 saturated heterocycles. The Kier molecular flexibility index (Phi) is 3.28. The number of rotatable bonds is 2. The lowest BCUT2D eigenvalue weighted by Crippen LogP contribution is -2.03. The molecule has 0 unspecified atom stereocenters. The number of anilines is 1. The van der Waals surface area contributed by atoms with E-state index in [9.17, 15) is 0 Å². The third-order valence-corrected chi connectivity index (χ3v) is 3.80. The molecule has 2 N–H and O–H groups in total. The molecule has 102 valence electrons. The molecule has 4 nitrogen and oxygen atoms in total. The lowest BCUT2D eigenvalue weighted by atomic mass is 10.1. The van der Waals surface area contributed by atoms with Crippen LogP contribution >= 0.6 is 23.2 Å². The van der Waals surface area contributed by atoms with Gasteiger partial charge in [0.25, 0.3) is 0 Å². The zero-order chi connectivity index (χ0) is 14.3. The summed E-state index contributed by atoms with van der Waals surface area (Å²) in [4.78, 5) is 4.39. The van der Waals surface area contributed by atoms with Gasteiger partial charge in [0.1, 0.15) is 5.82 Å². The summed E-state index contributed by atoms with van der Waals surface area (Å²) in [5.74, 6) is 0.845. The van der Waals surface area contributed by atoms with Crippen molar-refractivity contribution >= 4 is 34.7 Å². The van der Waals surface area contributed by atoms with Crippen molar-refractivity contribution in [1.82, 2.24) is 14.6 Å². The van der Waals surface area contributed by atoms with Crippen molar-refractivity contribution in [2.24, 2.45) is 0 Å². The summed E-state index contributed by atoms with van der Waals surface area (Å²) in [5, 5.41) is 4.87. The van der Waals surface area contributed by atoms with Crippen molar-refractivity contribution in [3.05, 3.63) is 46.7 Å². The standard InChI is InChI=1S/C14H12Cl2N4/c1-8-2-3-10(12(16)4-8)11-7-18-14-9(5-15)6-19-20(14)13(11)17/h2-4,6-7H,5,17H2,1H3. The first-order valence-corrected chi connectivity index (χ1v) is 6.96. The number of benzene rings is 1. The first kappa shape index (κ1) is 13.2. The van der Waals surface area contributed by atoms with Crippen LogP contribution in [-0.2, 0) is 5.88 Å². The Hall–Kier alpha value is -1.78. The van der Waals surface area contributed by atoms with Gasteiger partial charge in [-0.1, -0.05) is 23.7 Å². The number of nitrogens with two attached hydrogens (primary N) is 1. The topological polar surface area (TPSA) is 56.2 Å². The van der Waals surface area contributed by atoms with Crippen molar-refractivity contribution in [2.45, 2.75) is 12.8 Å². The van der Waals surface area contributed by atoms with Crippen LogP contribution < -0.4 is 5.73 Å². The Morgan fingerprint density at radius 3 is 2.75 bits per heavy atom. The Bertz CT molecular complexity index is 795. The van der Waals surface area contributed by atoms with E-state index in [4.69, 9.17) is 28.9 Å². The van der Waals surface area contributed by atoms with Crippen LogP contribution in [0.3, 0.4) is 0 Å². The van der Waals surface area contributed by atoms with Crippen molar-refractivity contribution in [3.8, 4) is 11.1 Å². The van der Waals surface area contributed by atoms with E-state index in [1.165, 1.54) is 0 Å². The van der Waals surface area contributed by atoms with E-state index in [-0.39, 0.29) is 0 Å². The maximum Gasteiger partial charge on any atom is 0.161 e. The smallest absolute Gasteiger partial charge is 0.161 e. The van der Waals surface area contributed by atoms with Gasteiger partial charge in [0.2, 0.25) is 0 Å². The number of halogens is 2. The number of nitrogens with zero attached hydrogens (tertiary/aromatic N) is 3. The third kappa shape index (κ3) is 2.01. The zero-order valence-corrected chi connectivity index (χ0v) is 12.3. The SMILES string of the molecule is Cc1ccc(-c2cnc3c(CCl)cnn3c2N)c(Cl)c1. The number of fused-ring (bicyclic) bond motifs is 1. The monoisotopic (exact) mass is 306 g/mol. The summed E-state index contributed by atoms with van der Waals surface area (Å²) in [6.45, 7) is 1.99. The molecule has 0 atom stereocenters. The van der Waals surface area contributed by atoms with Gasteiger partial charge >= 0.3 is 0 Å². The van der Waals surface area contributed by atoms with E-state index in [1.54, 1.807) is 16.9 Å². The van der Waals surface area contributed by atoms with Gasteiger partial charge < -0.3 is 5.73 Å². The second-order valence-electron chi connectivity index (χ2n) is 4.58. The molecule has 0 aliphatic heterocycles. The molecule has 6 heteroatoms. The Morgan fingerprint density at radius 1 is 1.25 bits per heavy atom. The minimum absolute atomic E-state index is 0.348. The summed E-state index contributed by atoms with van der Waals surface area (Å²) < 4.78 is 1.59. The molecular formula is C14H12Cl2N4. The first-order valence-electron chi connectivity index (χ1n) is 6.05. The Morgan fingerprint density at radius 2 is 2.05 bits per heavy atom. The largest absolute Gasteiger partial charge is 0.383 e. The highest BCUT2D eigenvalue weighted by Crippen LogP contribution is 2.32. The van der Waals surface area contributed by atoms with Gasteiger partial charge in [-0.2, -0.15) is 9.61 Å². The molecule has 0 aliphatic rings. The maximum atomic E-state index is 6.29. The van der Waals surface area contributed by atoms with Gasteiger partial charge in [0.05, 0.1) is 12.1 Å². The quantitative estimate of drug-likeness (QED) is 0.735. The van der Waals surface area contributed by atoms with Crippen LogP contribution in [0.4, 0.5) is 5.82 Å². The van der Waals surface area contributed by atoms with Gasteiger partial charge in [-0.15, -0.1) is 11.6 Å².